The van der Waals surface area contributed by atoms with Gasteiger partial charge in [-0.1, -0.05) is 17.7 Å². The van der Waals surface area contributed by atoms with Crippen LogP contribution >= 0.6 is 11.6 Å². The molecule has 2 aliphatic heterocycles. The molecule has 3 aromatic rings. The monoisotopic (exact) mass is 439 g/mol. The van der Waals surface area contributed by atoms with Crippen LogP contribution in [0, 0.1) is 0 Å². The van der Waals surface area contributed by atoms with E-state index in [0.29, 0.717) is 6.61 Å². The molecule has 1 fully saturated rings. The Labute approximate surface area is 187 Å². The lowest BCUT2D eigenvalue weighted by Gasteiger charge is -2.35. The quantitative estimate of drug-likeness (QED) is 0.605. The lowest BCUT2D eigenvalue weighted by Crippen LogP contribution is -2.47. The van der Waals surface area contributed by atoms with Crippen molar-refractivity contribution in [1.29, 1.82) is 0 Å². The maximum absolute atomic E-state index is 6.34. The molecule has 1 aromatic carbocycles. The summed E-state index contributed by atoms with van der Waals surface area (Å²) in [5.41, 5.74) is 2.28. The molecular formula is C22H26ClN7O. The molecule has 5 rings (SSSR count). The molecule has 0 bridgehead atoms. The van der Waals surface area contributed by atoms with Gasteiger partial charge in [0.15, 0.2) is 5.82 Å². The lowest BCUT2D eigenvalue weighted by atomic mass is 10.1. The van der Waals surface area contributed by atoms with Crippen LogP contribution in [0.25, 0.3) is 5.69 Å². The molecule has 0 amide bonds. The van der Waals surface area contributed by atoms with Crippen LogP contribution in [0.1, 0.15) is 11.4 Å². The number of nitrogens with zero attached hydrogens (tertiary/aromatic N) is 7. The van der Waals surface area contributed by atoms with E-state index in [-0.39, 0.29) is 0 Å². The van der Waals surface area contributed by atoms with Crippen LogP contribution in [-0.2, 0) is 17.8 Å². The van der Waals surface area contributed by atoms with Crippen LogP contribution in [0.4, 0.5) is 11.8 Å². The van der Waals surface area contributed by atoms with Crippen molar-refractivity contribution in [2.75, 3.05) is 56.2 Å². The van der Waals surface area contributed by atoms with Crippen molar-refractivity contribution < 1.29 is 4.74 Å². The third-order valence-electron chi connectivity index (χ3n) is 5.90. The van der Waals surface area contributed by atoms with Gasteiger partial charge in [0, 0.05) is 57.6 Å². The number of aromatic nitrogens is 4. The molecular weight excluding hydrogens is 414 g/mol. The summed E-state index contributed by atoms with van der Waals surface area (Å²) in [6, 6.07) is 12.1. The van der Waals surface area contributed by atoms with E-state index in [2.05, 4.69) is 52.6 Å². The number of fused-ring (bicyclic) bond motifs is 3. The predicted octanol–water partition coefficient (Wildman–Crippen LogP) is 2.60. The zero-order chi connectivity index (χ0) is 21.2. The van der Waals surface area contributed by atoms with Gasteiger partial charge in [0.25, 0.3) is 0 Å². The van der Waals surface area contributed by atoms with Crippen LogP contribution in [0.15, 0.2) is 42.6 Å². The first-order valence-corrected chi connectivity index (χ1v) is 11.0. The topological polar surface area (TPSA) is 62.6 Å². The van der Waals surface area contributed by atoms with E-state index in [1.54, 1.807) is 7.11 Å². The van der Waals surface area contributed by atoms with Crippen LogP contribution in [0.2, 0.25) is 5.02 Å². The van der Waals surface area contributed by atoms with Crippen molar-refractivity contribution >= 4 is 23.4 Å². The molecule has 4 heterocycles. The summed E-state index contributed by atoms with van der Waals surface area (Å²) in [7, 11) is 1.73. The summed E-state index contributed by atoms with van der Waals surface area (Å²) in [5.74, 6) is 2.86. The Kier molecular flexibility index (Phi) is 5.76. The summed E-state index contributed by atoms with van der Waals surface area (Å²) in [6.07, 6.45) is 1.84. The Hall–Kier alpha value is -2.68. The van der Waals surface area contributed by atoms with Gasteiger partial charge in [0.05, 0.1) is 18.8 Å². The number of methoxy groups -OCH3 is 1. The number of ether oxygens (including phenoxy) is 1. The Morgan fingerprint density at radius 1 is 1.00 bits per heavy atom. The van der Waals surface area contributed by atoms with E-state index in [0.717, 1.165) is 74.1 Å². The first-order valence-electron chi connectivity index (χ1n) is 10.6. The highest BCUT2D eigenvalue weighted by Gasteiger charge is 2.28. The Bertz CT molecular complexity index is 1030. The maximum Gasteiger partial charge on any atom is 0.232 e. The minimum Gasteiger partial charge on any atom is -0.383 e. The minimum atomic E-state index is 0.673. The maximum atomic E-state index is 6.34. The highest BCUT2D eigenvalue weighted by atomic mass is 35.5. The number of anilines is 2. The fraction of sp³-hybridized carbons (Fsp3) is 0.409. The van der Waals surface area contributed by atoms with Gasteiger partial charge < -0.3 is 14.5 Å². The van der Waals surface area contributed by atoms with E-state index in [1.165, 1.54) is 5.56 Å². The first-order chi connectivity index (χ1) is 15.2. The molecule has 1 saturated heterocycles. The fourth-order valence-corrected chi connectivity index (χ4v) is 4.51. The molecule has 0 aliphatic carbocycles. The molecule has 2 aromatic heterocycles. The van der Waals surface area contributed by atoms with Gasteiger partial charge in [-0.25, -0.2) is 4.98 Å². The molecule has 9 heteroatoms. The van der Waals surface area contributed by atoms with Gasteiger partial charge in [0.2, 0.25) is 5.95 Å². The van der Waals surface area contributed by atoms with Crippen molar-refractivity contribution in [3.8, 4) is 5.69 Å². The van der Waals surface area contributed by atoms with E-state index in [9.17, 15) is 0 Å². The molecule has 0 N–H and O–H groups in total. The fourth-order valence-electron chi connectivity index (χ4n) is 4.31. The minimum absolute atomic E-state index is 0.673. The van der Waals surface area contributed by atoms with Crippen molar-refractivity contribution in [2.24, 2.45) is 0 Å². The SMILES string of the molecule is COCCN1Cc2cc(Cl)ccc2-n2c(nnc2N2CCN(c3ccccn3)CC2)C1. The second-order valence-electron chi connectivity index (χ2n) is 7.89. The number of pyridine rings is 1. The molecule has 8 nitrogen and oxygen atoms in total. The summed E-state index contributed by atoms with van der Waals surface area (Å²) in [6.45, 7) is 6.54. The van der Waals surface area contributed by atoms with Crippen LogP contribution in [0.5, 0.6) is 0 Å². The van der Waals surface area contributed by atoms with Gasteiger partial charge in [-0.2, -0.15) is 0 Å². The third kappa shape index (κ3) is 4.11. The smallest absolute Gasteiger partial charge is 0.232 e. The van der Waals surface area contributed by atoms with Crippen molar-refractivity contribution in [2.45, 2.75) is 13.1 Å². The molecule has 0 radical (unpaired) electrons. The first kappa shape index (κ1) is 20.2. The zero-order valence-corrected chi connectivity index (χ0v) is 18.4. The Balaban J connectivity index is 1.43. The standard InChI is InChI=1S/C22H26ClN7O/c1-31-13-12-27-15-17-14-18(23)5-6-19(17)30-21(16-27)25-26-22(30)29-10-8-28(9-11-29)20-4-2-3-7-24-20/h2-7,14H,8-13,15-16H2,1H3. The Morgan fingerprint density at radius 2 is 1.84 bits per heavy atom. The second-order valence-corrected chi connectivity index (χ2v) is 8.33. The van der Waals surface area contributed by atoms with Crippen molar-refractivity contribution in [3.05, 3.63) is 59.0 Å². The summed E-state index contributed by atoms with van der Waals surface area (Å²) in [4.78, 5) is 11.5. The number of piperazine rings is 1. The average Bonchev–Trinajstić information content (AvgIpc) is 3.14. The van der Waals surface area contributed by atoms with E-state index < -0.39 is 0 Å². The van der Waals surface area contributed by atoms with E-state index in [4.69, 9.17) is 16.3 Å². The molecule has 0 unspecified atom stereocenters. The van der Waals surface area contributed by atoms with Gasteiger partial charge in [-0.05, 0) is 35.9 Å². The summed E-state index contributed by atoms with van der Waals surface area (Å²) < 4.78 is 7.51. The number of halogens is 1. The average molecular weight is 440 g/mol. The van der Waals surface area contributed by atoms with Crippen LogP contribution in [0.3, 0.4) is 0 Å². The molecule has 0 atom stereocenters. The molecule has 0 spiro atoms. The van der Waals surface area contributed by atoms with Gasteiger partial charge in [-0.15, -0.1) is 10.2 Å². The lowest BCUT2D eigenvalue weighted by molar-refractivity contribution is 0.139. The molecule has 0 saturated carbocycles. The number of hydrogen-bond acceptors (Lipinski definition) is 7. The molecule has 162 valence electrons. The van der Waals surface area contributed by atoms with E-state index in [1.807, 2.05) is 24.4 Å². The summed E-state index contributed by atoms with van der Waals surface area (Å²) in [5, 5.41) is 9.93. The highest BCUT2D eigenvalue weighted by Crippen LogP contribution is 2.30. The highest BCUT2D eigenvalue weighted by molar-refractivity contribution is 6.30. The summed E-state index contributed by atoms with van der Waals surface area (Å²) >= 11 is 6.34. The molecule has 2 aliphatic rings. The van der Waals surface area contributed by atoms with Crippen molar-refractivity contribution in [1.82, 2.24) is 24.6 Å². The number of hydrogen-bond donors (Lipinski definition) is 0. The third-order valence-corrected chi connectivity index (χ3v) is 6.14. The number of benzene rings is 1. The Morgan fingerprint density at radius 3 is 2.61 bits per heavy atom. The predicted molar refractivity (Wildman–Crippen MR) is 121 cm³/mol. The largest absolute Gasteiger partial charge is 0.383 e. The van der Waals surface area contributed by atoms with Crippen LogP contribution in [-0.4, -0.2) is 71.1 Å². The normalized spacial score (nSPS) is 16.7. The molecule has 31 heavy (non-hydrogen) atoms. The second kappa shape index (κ2) is 8.82. The number of rotatable bonds is 5. The van der Waals surface area contributed by atoms with Crippen molar-refractivity contribution in [3.63, 3.8) is 0 Å². The van der Waals surface area contributed by atoms with Gasteiger partial charge >= 0.3 is 0 Å². The van der Waals surface area contributed by atoms with E-state index >= 15 is 0 Å². The zero-order valence-electron chi connectivity index (χ0n) is 17.6. The van der Waals surface area contributed by atoms with Crippen LogP contribution < -0.4 is 9.80 Å². The van der Waals surface area contributed by atoms with Gasteiger partial charge in [0.1, 0.15) is 5.82 Å². The van der Waals surface area contributed by atoms with Gasteiger partial charge in [-0.3, -0.25) is 9.47 Å².